The van der Waals surface area contributed by atoms with Gasteiger partial charge in [0, 0.05) is 20.6 Å². The lowest BCUT2D eigenvalue weighted by Gasteiger charge is -2.19. The fourth-order valence-corrected chi connectivity index (χ4v) is 1.91. The van der Waals surface area contributed by atoms with Gasteiger partial charge in [0.05, 0.1) is 6.20 Å². The van der Waals surface area contributed by atoms with Crippen LogP contribution in [0.3, 0.4) is 0 Å². The Balaban J connectivity index is 2.20. The second-order valence-electron chi connectivity index (χ2n) is 3.96. The van der Waals surface area contributed by atoms with E-state index in [9.17, 15) is 0 Å². The van der Waals surface area contributed by atoms with Gasteiger partial charge < -0.3 is 10.2 Å². The standard InChI is InChI=1S/C13H15ClN4/c1-15-13-16-8-11(14)12(17-13)18(2)9-10-6-4-3-5-7-10/h3-8H,9H2,1-2H3,(H,15,16,17). The minimum Gasteiger partial charge on any atom is -0.357 e. The summed E-state index contributed by atoms with van der Waals surface area (Å²) in [5.74, 6) is 1.29. The van der Waals surface area contributed by atoms with E-state index in [2.05, 4.69) is 27.4 Å². The van der Waals surface area contributed by atoms with Gasteiger partial charge in [-0.15, -0.1) is 0 Å². The van der Waals surface area contributed by atoms with Gasteiger partial charge in [0.2, 0.25) is 5.95 Å². The van der Waals surface area contributed by atoms with Crippen molar-refractivity contribution in [3.8, 4) is 0 Å². The molecule has 2 aromatic rings. The number of rotatable bonds is 4. The SMILES string of the molecule is CNc1ncc(Cl)c(N(C)Cc2ccccc2)n1. The van der Waals surface area contributed by atoms with Gasteiger partial charge in [-0.2, -0.15) is 4.98 Å². The van der Waals surface area contributed by atoms with Crippen LogP contribution in [0.25, 0.3) is 0 Å². The van der Waals surface area contributed by atoms with Gasteiger partial charge in [-0.3, -0.25) is 0 Å². The maximum absolute atomic E-state index is 6.12. The van der Waals surface area contributed by atoms with Crippen LogP contribution in [0, 0.1) is 0 Å². The van der Waals surface area contributed by atoms with E-state index in [0.717, 1.165) is 12.4 Å². The Morgan fingerprint density at radius 1 is 1.28 bits per heavy atom. The predicted octanol–water partition coefficient (Wildman–Crippen LogP) is 2.81. The van der Waals surface area contributed by atoms with E-state index in [4.69, 9.17) is 11.6 Å². The van der Waals surface area contributed by atoms with Crippen LogP contribution in [0.1, 0.15) is 5.56 Å². The van der Waals surface area contributed by atoms with Gasteiger partial charge in [-0.25, -0.2) is 4.98 Å². The molecular weight excluding hydrogens is 248 g/mol. The highest BCUT2D eigenvalue weighted by molar-refractivity contribution is 6.32. The molecule has 2 rings (SSSR count). The molecule has 0 bridgehead atoms. The number of aromatic nitrogens is 2. The maximum atomic E-state index is 6.12. The average molecular weight is 263 g/mol. The minimum atomic E-state index is 0.549. The molecule has 1 aromatic carbocycles. The highest BCUT2D eigenvalue weighted by atomic mass is 35.5. The van der Waals surface area contributed by atoms with Crippen LogP contribution in [-0.2, 0) is 6.54 Å². The molecule has 0 spiro atoms. The van der Waals surface area contributed by atoms with E-state index in [1.807, 2.05) is 30.1 Å². The molecule has 0 saturated carbocycles. The van der Waals surface area contributed by atoms with Gasteiger partial charge in [-0.1, -0.05) is 41.9 Å². The summed E-state index contributed by atoms with van der Waals surface area (Å²) >= 11 is 6.12. The summed E-state index contributed by atoms with van der Waals surface area (Å²) in [4.78, 5) is 10.4. The number of halogens is 1. The Labute approximate surface area is 112 Å². The lowest BCUT2D eigenvalue weighted by atomic mass is 10.2. The molecule has 0 aliphatic carbocycles. The van der Waals surface area contributed by atoms with Crippen LogP contribution in [0.15, 0.2) is 36.5 Å². The molecule has 5 heteroatoms. The second kappa shape index (κ2) is 5.69. The fraction of sp³-hybridized carbons (Fsp3) is 0.231. The molecule has 4 nitrogen and oxygen atoms in total. The summed E-state index contributed by atoms with van der Waals surface area (Å²) in [5, 5.41) is 3.45. The molecule has 1 heterocycles. The highest BCUT2D eigenvalue weighted by Crippen LogP contribution is 2.23. The first-order valence-corrected chi connectivity index (χ1v) is 6.04. The van der Waals surface area contributed by atoms with Crippen molar-refractivity contribution in [3.63, 3.8) is 0 Å². The molecule has 0 aliphatic rings. The van der Waals surface area contributed by atoms with Gasteiger partial charge >= 0.3 is 0 Å². The normalized spacial score (nSPS) is 10.2. The van der Waals surface area contributed by atoms with E-state index >= 15 is 0 Å². The Morgan fingerprint density at radius 3 is 2.67 bits per heavy atom. The first kappa shape index (κ1) is 12.6. The number of anilines is 2. The van der Waals surface area contributed by atoms with Crippen molar-refractivity contribution in [2.45, 2.75) is 6.54 Å². The molecule has 0 fully saturated rings. The average Bonchev–Trinajstić information content (AvgIpc) is 2.40. The zero-order chi connectivity index (χ0) is 13.0. The summed E-state index contributed by atoms with van der Waals surface area (Å²) in [6, 6.07) is 10.2. The van der Waals surface area contributed by atoms with E-state index in [0.29, 0.717) is 11.0 Å². The summed E-state index contributed by atoms with van der Waals surface area (Å²) in [6.07, 6.45) is 1.61. The summed E-state index contributed by atoms with van der Waals surface area (Å²) in [5.41, 5.74) is 1.21. The first-order valence-electron chi connectivity index (χ1n) is 5.66. The van der Waals surface area contributed by atoms with E-state index in [1.54, 1.807) is 13.2 Å². The van der Waals surface area contributed by atoms with E-state index in [1.165, 1.54) is 5.56 Å². The van der Waals surface area contributed by atoms with Crippen LogP contribution >= 0.6 is 11.6 Å². The summed E-state index contributed by atoms with van der Waals surface area (Å²) in [6.45, 7) is 0.751. The van der Waals surface area contributed by atoms with Gasteiger partial charge in [-0.05, 0) is 5.56 Å². The molecule has 1 aromatic heterocycles. The van der Waals surface area contributed by atoms with Gasteiger partial charge in [0.15, 0.2) is 5.82 Å². The minimum absolute atomic E-state index is 0.549. The van der Waals surface area contributed by atoms with Crippen molar-refractivity contribution >= 4 is 23.4 Å². The largest absolute Gasteiger partial charge is 0.357 e. The summed E-state index contributed by atoms with van der Waals surface area (Å²) in [7, 11) is 3.74. The van der Waals surface area contributed by atoms with Crippen molar-refractivity contribution in [1.82, 2.24) is 9.97 Å². The van der Waals surface area contributed by atoms with Crippen molar-refractivity contribution in [2.24, 2.45) is 0 Å². The quantitative estimate of drug-likeness (QED) is 0.920. The topological polar surface area (TPSA) is 41.1 Å². The Bertz CT molecular complexity index is 516. The second-order valence-corrected chi connectivity index (χ2v) is 4.36. The number of hydrogen-bond donors (Lipinski definition) is 1. The molecule has 0 unspecified atom stereocenters. The molecular formula is C13H15ClN4. The van der Waals surface area contributed by atoms with Gasteiger partial charge in [0.25, 0.3) is 0 Å². The fourth-order valence-electron chi connectivity index (χ4n) is 1.68. The number of benzene rings is 1. The predicted molar refractivity (Wildman–Crippen MR) is 75.1 cm³/mol. The monoisotopic (exact) mass is 262 g/mol. The number of hydrogen-bond acceptors (Lipinski definition) is 4. The lowest BCUT2D eigenvalue weighted by molar-refractivity contribution is 0.892. The molecule has 94 valence electrons. The van der Waals surface area contributed by atoms with Crippen LogP contribution in [0.2, 0.25) is 5.02 Å². The first-order chi connectivity index (χ1) is 8.70. The van der Waals surface area contributed by atoms with Crippen molar-refractivity contribution < 1.29 is 0 Å². The van der Waals surface area contributed by atoms with E-state index in [-0.39, 0.29) is 0 Å². The van der Waals surface area contributed by atoms with E-state index < -0.39 is 0 Å². The third kappa shape index (κ3) is 2.90. The molecule has 0 amide bonds. The Morgan fingerprint density at radius 2 is 2.00 bits per heavy atom. The number of nitrogens with one attached hydrogen (secondary N) is 1. The van der Waals surface area contributed by atoms with Crippen molar-refractivity contribution in [3.05, 3.63) is 47.1 Å². The van der Waals surface area contributed by atoms with Gasteiger partial charge in [0.1, 0.15) is 5.02 Å². The van der Waals surface area contributed by atoms with Crippen LogP contribution in [-0.4, -0.2) is 24.1 Å². The summed E-state index contributed by atoms with van der Waals surface area (Å²) < 4.78 is 0. The van der Waals surface area contributed by atoms with Crippen LogP contribution < -0.4 is 10.2 Å². The highest BCUT2D eigenvalue weighted by Gasteiger charge is 2.10. The van der Waals surface area contributed by atoms with Crippen LogP contribution in [0.4, 0.5) is 11.8 Å². The Kier molecular flexibility index (Phi) is 3.99. The zero-order valence-corrected chi connectivity index (χ0v) is 11.1. The molecule has 1 N–H and O–H groups in total. The van der Waals surface area contributed by atoms with Crippen LogP contribution in [0.5, 0.6) is 0 Å². The Hall–Kier alpha value is -1.81. The third-order valence-electron chi connectivity index (χ3n) is 2.57. The molecule has 18 heavy (non-hydrogen) atoms. The molecule has 0 atom stereocenters. The molecule has 0 aliphatic heterocycles. The zero-order valence-electron chi connectivity index (χ0n) is 10.4. The lowest BCUT2D eigenvalue weighted by Crippen LogP contribution is -2.18. The maximum Gasteiger partial charge on any atom is 0.224 e. The smallest absolute Gasteiger partial charge is 0.224 e. The van der Waals surface area contributed by atoms with Crippen molar-refractivity contribution in [1.29, 1.82) is 0 Å². The molecule has 0 saturated heterocycles. The number of nitrogens with zero attached hydrogens (tertiary/aromatic N) is 3. The van der Waals surface area contributed by atoms with Crippen molar-refractivity contribution in [2.75, 3.05) is 24.3 Å². The molecule has 0 radical (unpaired) electrons. The third-order valence-corrected chi connectivity index (χ3v) is 2.84.